The van der Waals surface area contributed by atoms with Gasteiger partial charge in [-0.05, 0) is 81.9 Å². The van der Waals surface area contributed by atoms with Crippen LogP contribution < -0.4 is 5.32 Å². The lowest BCUT2D eigenvalue weighted by Gasteiger charge is -2.28. The lowest BCUT2D eigenvalue weighted by molar-refractivity contribution is -0.114. The van der Waals surface area contributed by atoms with Crippen molar-refractivity contribution < 1.29 is 9.59 Å². The van der Waals surface area contributed by atoms with Gasteiger partial charge in [-0.3, -0.25) is 14.6 Å². The molecular formula is C31H32ClN7O2S. The summed E-state index contributed by atoms with van der Waals surface area (Å²) in [4.78, 5) is 39.9. The minimum absolute atomic E-state index is 0.0355. The highest BCUT2D eigenvalue weighted by molar-refractivity contribution is 7.19. The zero-order valence-electron chi connectivity index (χ0n) is 23.5. The van der Waals surface area contributed by atoms with E-state index >= 15 is 0 Å². The van der Waals surface area contributed by atoms with Gasteiger partial charge in [0.05, 0.1) is 32.7 Å². The SMILES string of the molecule is CC(=O)Nc1nc2c(s1)-c1c(c(-c3cccnc3)nn1-c1ccc(C(=O)N3CCC[C@H]3CN3CCCC3)cc1Cl)CC2. The number of hydrogen-bond acceptors (Lipinski definition) is 7. The van der Waals surface area contributed by atoms with Crippen molar-refractivity contribution in [3.05, 3.63) is 64.6 Å². The molecule has 3 aromatic heterocycles. The summed E-state index contributed by atoms with van der Waals surface area (Å²) >= 11 is 8.41. The number of rotatable bonds is 6. The molecule has 1 atom stereocenters. The fraction of sp³-hybridized carbons (Fsp3) is 0.387. The van der Waals surface area contributed by atoms with Crippen molar-refractivity contribution in [2.75, 3.05) is 31.5 Å². The zero-order valence-corrected chi connectivity index (χ0v) is 25.0. The van der Waals surface area contributed by atoms with Crippen molar-refractivity contribution in [3.8, 4) is 27.5 Å². The Morgan fingerprint density at radius 2 is 1.98 bits per heavy atom. The number of anilines is 1. The van der Waals surface area contributed by atoms with E-state index < -0.39 is 0 Å². The molecule has 4 aromatic rings. The fourth-order valence-electron chi connectivity index (χ4n) is 6.52. The molecule has 0 radical (unpaired) electrons. The fourth-order valence-corrected chi connectivity index (χ4v) is 7.89. The Kier molecular flexibility index (Phi) is 7.29. The second-order valence-corrected chi connectivity index (χ2v) is 12.7. The Morgan fingerprint density at radius 3 is 2.74 bits per heavy atom. The van der Waals surface area contributed by atoms with Crippen LogP contribution in [-0.2, 0) is 17.6 Å². The first-order valence-corrected chi connectivity index (χ1v) is 15.8. The van der Waals surface area contributed by atoms with Crippen LogP contribution in [0.3, 0.4) is 0 Å². The van der Waals surface area contributed by atoms with Crippen LogP contribution >= 0.6 is 22.9 Å². The van der Waals surface area contributed by atoms with Gasteiger partial charge in [0, 0.05) is 55.1 Å². The van der Waals surface area contributed by atoms with Gasteiger partial charge in [-0.25, -0.2) is 9.67 Å². The maximum atomic E-state index is 13.7. The maximum Gasteiger partial charge on any atom is 0.254 e. The van der Waals surface area contributed by atoms with Crippen LogP contribution in [-0.4, -0.2) is 73.6 Å². The van der Waals surface area contributed by atoms with E-state index in [9.17, 15) is 9.59 Å². The first-order chi connectivity index (χ1) is 20.5. The quantitative estimate of drug-likeness (QED) is 0.315. The number of benzene rings is 1. The number of carbonyl (C=O) groups is 2. The van der Waals surface area contributed by atoms with E-state index in [0.29, 0.717) is 21.4 Å². The number of thiazole rings is 1. The largest absolute Gasteiger partial charge is 0.334 e. The number of nitrogens with zero attached hydrogens (tertiary/aromatic N) is 6. The highest BCUT2D eigenvalue weighted by Gasteiger charge is 2.33. The number of likely N-dealkylation sites (tertiary alicyclic amines) is 2. The Bertz CT molecular complexity index is 1660. The maximum absolute atomic E-state index is 13.7. The van der Waals surface area contributed by atoms with Crippen molar-refractivity contribution in [2.45, 2.75) is 51.5 Å². The van der Waals surface area contributed by atoms with E-state index in [4.69, 9.17) is 21.7 Å². The summed E-state index contributed by atoms with van der Waals surface area (Å²) in [7, 11) is 0. The van der Waals surface area contributed by atoms with Gasteiger partial charge in [-0.2, -0.15) is 5.10 Å². The topological polar surface area (TPSA) is 96.2 Å². The van der Waals surface area contributed by atoms with Gasteiger partial charge in [-0.1, -0.05) is 22.9 Å². The monoisotopic (exact) mass is 601 g/mol. The molecule has 1 N–H and O–H groups in total. The van der Waals surface area contributed by atoms with Gasteiger partial charge in [0.25, 0.3) is 5.91 Å². The predicted octanol–water partition coefficient (Wildman–Crippen LogP) is 5.47. The number of aryl methyl sites for hydroxylation is 1. The molecule has 9 nitrogen and oxygen atoms in total. The van der Waals surface area contributed by atoms with Gasteiger partial charge in [0.1, 0.15) is 0 Å². The van der Waals surface area contributed by atoms with Crippen LogP contribution in [0, 0.1) is 0 Å². The summed E-state index contributed by atoms with van der Waals surface area (Å²) in [6.45, 7) is 5.47. The molecule has 216 valence electrons. The Morgan fingerprint density at radius 1 is 1.12 bits per heavy atom. The standard InChI is InChI=1S/C31H32ClN7O2S/c1-19(40)34-31-35-25-10-9-23-27(21-6-4-12-33-17-21)36-39(28(23)29(25)42-31)26-11-8-20(16-24(26)32)30(41)38-15-5-7-22(38)18-37-13-2-3-14-37/h4,6,8,11-12,16-17,22H,2-3,5,7,9-10,13-15,18H2,1H3,(H,34,35,40)/t22-/m0/s1. The average Bonchev–Trinajstić information content (AvgIpc) is 3.79. The average molecular weight is 602 g/mol. The summed E-state index contributed by atoms with van der Waals surface area (Å²) in [6, 6.07) is 9.69. The van der Waals surface area contributed by atoms with Crippen LogP contribution in [0.5, 0.6) is 0 Å². The molecule has 0 bridgehead atoms. The molecule has 2 amide bonds. The molecule has 3 aliphatic rings. The van der Waals surface area contributed by atoms with Gasteiger partial charge in [0.2, 0.25) is 5.91 Å². The number of hydrogen-bond donors (Lipinski definition) is 1. The van der Waals surface area contributed by atoms with Crippen LogP contribution in [0.25, 0.3) is 27.5 Å². The molecule has 7 rings (SSSR count). The van der Waals surface area contributed by atoms with E-state index in [0.717, 1.165) is 84.9 Å². The third-order valence-electron chi connectivity index (χ3n) is 8.45. The van der Waals surface area contributed by atoms with E-state index in [1.807, 2.05) is 40.0 Å². The number of amides is 2. The van der Waals surface area contributed by atoms with E-state index in [-0.39, 0.29) is 17.9 Å². The molecule has 5 heterocycles. The number of fused-ring (bicyclic) bond motifs is 3. The Balaban J connectivity index is 1.26. The van der Waals surface area contributed by atoms with Crippen molar-refractivity contribution in [1.29, 1.82) is 0 Å². The lowest BCUT2D eigenvalue weighted by Crippen LogP contribution is -2.42. The molecule has 1 aliphatic carbocycles. The highest BCUT2D eigenvalue weighted by Crippen LogP contribution is 2.44. The number of nitrogens with one attached hydrogen (secondary N) is 1. The van der Waals surface area contributed by atoms with Crippen LogP contribution in [0.4, 0.5) is 5.13 Å². The van der Waals surface area contributed by atoms with Crippen LogP contribution in [0.15, 0.2) is 42.7 Å². The lowest BCUT2D eigenvalue weighted by atomic mass is 9.95. The molecule has 2 saturated heterocycles. The van der Waals surface area contributed by atoms with Gasteiger partial charge in [-0.15, -0.1) is 0 Å². The third-order valence-corrected chi connectivity index (χ3v) is 9.78. The molecule has 0 unspecified atom stereocenters. The third kappa shape index (κ3) is 5.01. The molecular weight excluding hydrogens is 570 g/mol. The molecule has 11 heteroatoms. The Hall–Kier alpha value is -3.60. The van der Waals surface area contributed by atoms with E-state index in [1.54, 1.807) is 12.3 Å². The normalized spacial score (nSPS) is 18.2. The second kappa shape index (κ2) is 11.2. The summed E-state index contributed by atoms with van der Waals surface area (Å²) in [5, 5.41) is 8.92. The molecule has 2 aliphatic heterocycles. The van der Waals surface area contributed by atoms with Crippen molar-refractivity contribution >= 4 is 39.9 Å². The van der Waals surface area contributed by atoms with Gasteiger partial charge < -0.3 is 15.1 Å². The smallest absolute Gasteiger partial charge is 0.254 e. The first-order valence-electron chi connectivity index (χ1n) is 14.6. The van der Waals surface area contributed by atoms with Gasteiger partial charge in [0.15, 0.2) is 5.13 Å². The summed E-state index contributed by atoms with van der Waals surface area (Å²) < 4.78 is 1.87. The van der Waals surface area contributed by atoms with Crippen LogP contribution in [0.2, 0.25) is 5.02 Å². The second-order valence-electron chi connectivity index (χ2n) is 11.3. The molecule has 1 aromatic carbocycles. The molecule has 0 saturated carbocycles. The Labute approximate surface area is 253 Å². The first kappa shape index (κ1) is 27.2. The number of carbonyl (C=O) groups excluding carboxylic acids is 2. The summed E-state index contributed by atoms with van der Waals surface area (Å²) in [5.74, 6) is -0.122. The predicted molar refractivity (Wildman–Crippen MR) is 164 cm³/mol. The minimum Gasteiger partial charge on any atom is -0.334 e. The highest BCUT2D eigenvalue weighted by atomic mass is 35.5. The van der Waals surface area contributed by atoms with E-state index in [1.165, 1.54) is 31.1 Å². The molecule has 0 spiro atoms. The van der Waals surface area contributed by atoms with E-state index in [2.05, 4.69) is 15.2 Å². The zero-order chi connectivity index (χ0) is 28.8. The molecule has 42 heavy (non-hydrogen) atoms. The van der Waals surface area contributed by atoms with Crippen molar-refractivity contribution in [2.24, 2.45) is 0 Å². The summed E-state index contributed by atoms with van der Waals surface area (Å²) in [6.07, 6.45) is 9.62. The van der Waals surface area contributed by atoms with Gasteiger partial charge >= 0.3 is 0 Å². The van der Waals surface area contributed by atoms with Crippen LogP contribution in [0.1, 0.15) is 54.2 Å². The minimum atomic E-state index is -0.158. The number of aromatic nitrogens is 4. The number of halogens is 1. The molecule has 2 fully saturated rings. The number of pyridine rings is 1. The summed E-state index contributed by atoms with van der Waals surface area (Å²) in [5.41, 5.74) is 5.98. The van der Waals surface area contributed by atoms with Crippen molar-refractivity contribution in [3.63, 3.8) is 0 Å². The van der Waals surface area contributed by atoms with Crippen molar-refractivity contribution in [1.82, 2.24) is 29.5 Å².